The Bertz CT molecular complexity index is 543. The van der Waals surface area contributed by atoms with Gasteiger partial charge in [0.1, 0.15) is 0 Å². The van der Waals surface area contributed by atoms with Gasteiger partial charge in [-0.3, -0.25) is 0 Å². The molecule has 1 aromatic carbocycles. The molecule has 0 aromatic heterocycles. The monoisotopic (exact) mass is 315 g/mol. The summed E-state index contributed by atoms with van der Waals surface area (Å²) in [5.74, 6) is 1.76. The summed E-state index contributed by atoms with van der Waals surface area (Å²) in [4.78, 5) is 0. The molecule has 0 bridgehead atoms. The summed E-state index contributed by atoms with van der Waals surface area (Å²) in [6.07, 6.45) is 0.660. The second-order valence-corrected chi connectivity index (χ2v) is 7.25. The van der Waals surface area contributed by atoms with Gasteiger partial charge in [0.2, 0.25) is 0 Å². The van der Waals surface area contributed by atoms with Crippen molar-refractivity contribution in [1.29, 1.82) is 0 Å². The molecule has 0 heterocycles. The van der Waals surface area contributed by atoms with Crippen LogP contribution in [0.1, 0.15) is 31.9 Å². The van der Waals surface area contributed by atoms with Crippen LogP contribution >= 0.6 is 0 Å². The maximum Gasteiger partial charge on any atom is 0.161 e. The second-order valence-electron chi connectivity index (χ2n) is 4.94. The Morgan fingerprint density at radius 1 is 1.14 bits per heavy atom. The molecule has 1 aromatic rings. The zero-order valence-corrected chi connectivity index (χ0v) is 14.0. The molecule has 0 saturated heterocycles. The van der Waals surface area contributed by atoms with Crippen LogP contribution in [0.25, 0.3) is 0 Å². The average molecular weight is 315 g/mol. The van der Waals surface area contributed by atoms with Gasteiger partial charge in [-0.1, -0.05) is 13.0 Å². The van der Waals surface area contributed by atoms with E-state index in [1.807, 2.05) is 32.0 Å². The van der Waals surface area contributed by atoms with Crippen LogP contribution in [0.5, 0.6) is 11.5 Å². The normalized spacial score (nSPS) is 13.0. The lowest BCUT2D eigenvalue weighted by atomic mass is 10.1. The standard InChI is InChI=1S/C15H25NO4S/c1-5-9-21(17,18)10-8-16-12(2)13-6-7-14(19-3)15(11-13)20-4/h6-7,11-12,16H,5,8-10H2,1-4H3. The smallest absolute Gasteiger partial charge is 0.161 e. The van der Waals surface area contributed by atoms with E-state index in [1.165, 1.54) is 0 Å². The highest BCUT2D eigenvalue weighted by atomic mass is 32.2. The maximum atomic E-state index is 11.7. The van der Waals surface area contributed by atoms with E-state index in [9.17, 15) is 8.42 Å². The fourth-order valence-corrected chi connectivity index (χ4v) is 3.34. The number of hydrogen-bond acceptors (Lipinski definition) is 5. The molecule has 120 valence electrons. The molecule has 0 saturated carbocycles. The number of methoxy groups -OCH3 is 2. The minimum Gasteiger partial charge on any atom is -0.493 e. The highest BCUT2D eigenvalue weighted by Crippen LogP contribution is 2.29. The van der Waals surface area contributed by atoms with Crippen LogP contribution in [0.4, 0.5) is 0 Å². The third-order valence-electron chi connectivity index (χ3n) is 3.29. The Kier molecular flexibility index (Phi) is 6.98. The molecule has 0 fully saturated rings. The molecule has 0 spiro atoms. The molecular formula is C15H25NO4S. The van der Waals surface area contributed by atoms with Crippen molar-refractivity contribution >= 4 is 9.84 Å². The van der Waals surface area contributed by atoms with Gasteiger partial charge in [0.05, 0.1) is 20.0 Å². The first-order valence-electron chi connectivity index (χ1n) is 7.09. The Morgan fingerprint density at radius 2 is 1.81 bits per heavy atom. The van der Waals surface area contributed by atoms with Crippen molar-refractivity contribution in [1.82, 2.24) is 5.32 Å². The van der Waals surface area contributed by atoms with E-state index < -0.39 is 9.84 Å². The molecule has 0 aliphatic heterocycles. The first-order valence-corrected chi connectivity index (χ1v) is 8.91. The van der Waals surface area contributed by atoms with Gasteiger partial charge >= 0.3 is 0 Å². The summed E-state index contributed by atoms with van der Waals surface area (Å²) in [5, 5.41) is 3.23. The third kappa shape index (κ3) is 5.55. The topological polar surface area (TPSA) is 64.6 Å². The van der Waals surface area contributed by atoms with Gasteiger partial charge in [0.15, 0.2) is 21.3 Å². The summed E-state index contributed by atoms with van der Waals surface area (Å²) in [6, 6.07) is 5.73. The molecular weight excluding hydrogens is 290 g/mol. The van der Waals surface area contributed by atoms with E-state index >= 15 is 0 Å². The SMILES string of the molecule is CCCS(=O)(=O)CCNC(C)c1ccc(OC)c(OC)c1. The van der Waals surface area contributed by atoms with Crippen molar-refractivity contribution < 1.29 is 17.9 Å². The summed E-state index contributed by atoms with van der Waals surface area (Å²) in [6.45, 7) is 4.31. The maximum absolute atomic E-state index is 11.7. The predicted molar refractivity (Wildman–Crippen MR) is 84.9 cm³/mol. The number of benzene rings is 1. The lowest BCUT2D eigenvalue weighted by molar-refractivity contribution is 0.354. The van der Waals surface area contributed by atoms with Crippen LogP contribution in [-0.2, 0) is 9.84 Å². The van der Waals surface area contributed by atoms with Crippen molar-refractivity contribution in [3.8, 4) is 11.5 Å². The Balaban J connectivity index is 2.62. The first-order chi connectivity index (χ1) is 9.93. The second kappa shape index (κ2) is 8.24. The van der Waals surface area contributed by atoms with Crippen molar-refractivity contribution in [2.45, 2.75) is 26.3 Å². The molecule has 5 nitrogen and oxygen atoms in total. The highest BCUT2D eigenvalue weighted by molar-refractivity contribution is 7.91. The molecule has 0 amide bonds. The number of sulfone groups is 1. The van der Waals surface area contributed by atoms with Gasteiger partial charge in [-0.2, -0.15) is 0 Å². The van der Waals surface area contributed by atoms with Crippen LogP contribution in [0.15, 0.2) is 18.2 Å². The van der Waals surface area contributed by atoms with Gasteiger partial charge in [-0.05, 0) is 31.0 Å². The van der Waals surface area contributed by atoms with E-state index in [1.54, 1.807) is 14.2 Å². The molecule has 1 rings (SSSR count). The number of nitrogens with one attached hydrogen (secondary N) is 1. The van der Waals surface area contributed by atoms with Crippen LogP contribution in [-0.4, -0.2) is 40.7 Å². The van der Waals surface area contributed by atoms with Crippen LogP contribution < -0.4 is 14.8 Å². The minimum atomic E-state index is -2.94. The fourth-order valence-electron chi connectivity index (χ4n) is 2.08. The van der Waals surface area contributed by atoms with Crippen molar-refractivity contribution in [3.05, 3.63) is 23.8 Å². The molecule has 1 atom stereocenters. The molecule has 1 N–H and O–H groups in total. The zero-order valence-electron chi connectivity index (χ0n) is 13.2. The lowest BCUT2D eigenvalue weighted by Crippen LogP contribution is -2.26. The van der Waals surface area contributed by atoms with E-state index in [2.05, 4.69) is 5.32 Å². The van der Waals surface area contributed by atoms with Gasteiger partial charge in [-0.15, -0.1) is 0 Å². The molecule has 0 aliphatic rings. The number of rotatable bonds is 9. The van der Waals surface area contributed by atoms with Crippen LogP contribution in [0.3, 0.4) is 0 Å². The Morgan fingerprint density at radius 3 is 2.38 bits per heavy atom. The molecule has 1 unspecified atom stereocenters. The van der Waals surface area contributed by atoms with E-state index in [0.29, 0.717) is 24.5 Å². The number of ether oxygens (including phenoxy) is 2. The minimum absolute atomic E-state index is 0.0432. The van der Waals surface area contributed by atoms with Crippen molar-refractivity contribution in [3.63, 3.8) is 0 Å². The quantitative estimate of drug-likeness (QED) is 0.756. The third-order valence-corrected chi connectivity index (χ3v) is 5.14. The fraction of sp³-hybridized carbons (Fsp3) is 0.600. The van der Waals surface area contributed by atoms with Gasteiger partial charge in [0, 0.05) is 18.3 Å². The highest BCUT2D eigenvalue weighted by Gasteiger charge is 2.12. The van der Waals surface area contributed by atoms with Crippen LogP contribution in [0, 0.1) is 0 Å². The number of hydrogen-bond donors (Lipinski definition) is 1. The summed E-state index contributed by atoms with van der Waals surface area (Å²) in [7, 11) is 0.249. The lowest BCUT2D eigenvalue weighted by Gasteiger charge is -2.16. The largest absolute Gasteiger partial charge is 0.493 e. The molecule has 6 heteroatoms. The summed E-state index contributed by atoms with van der Waals surface area (Å²) < 4.78 is 33.8. The van der Waals surface area contributed by atoms with Gasteiger partial charge < -0.3 is 14.8 Å². The van der Waals surface area contributed by atoms with Gasteiger partial charge in [-0.25, -0.2) is 8.42 Å². The summed E-state index contributed by atoms with van der Waals surface area (Å²) in [5.41, 5.74) is 1.03. The van der Waals surface area contributed by atoms with E-state index in [-0.39, 0.29) is 17.5 Å². The van der Waals surface area contributed by atoms with Crippen LogP contribution in [0.2, 0.25) is 0 Å². The molecule has 0 aliphatic carbocycles. The first kappa shape index (κ1) is 17.8. The average Bonchev–Trinajstić information content (AvgIpc) is 2.46. The summed E-state index contributed by atoms with van der Waals surface area (Å²) >= 11 is 0. The van der Waals surface area contributed by atoms with Crippen molar-refractivity contribution in [2.24, 2.45) is 0 Å². The zero-order chi connectivity index (χ0) is 15.9. The Hall–Kier alpha value is -1.27. The van der Waals surface area contributed by atoms with E-state index in [4.69, 9.17) is 9.47 Å². The Labute approximate surface area is 127 Å². The van der Waals surface area contributed by atoms with Gasteiger partial charge in [0.25, 0.3) is 0 Å². The molecule has 21 heavy (non-hydrogen) atoms. The van der Waals surface area contributed by atoms with Crippen molar-refractivity contribution in [2.75, 3.05) is 32.3 Å². The molecule has 0 radical (unpaired) electrons. The van der Waals surface area contributed by atoms with E-state index in [0.717, 1.165) is 5.56 Å². The predicted octanol–water partition coefficient (Wildman–Crippen LogP) is 2.18.